The molecule has 2 aliphatic heterocycles. The first-order chi connectivity index (χ1) is 16.6. The van der Waals surface area contributed by atoms with Crippen LogP contribution in [-0.2, 0) is 0 Å². The molecule has 0 spiro atoms. The Balaban J connectivity index is 1.45. The number of anilines is 1. The zero-order chi connectivity index (χ0) is 23.2. The van der Waals surface area contributed by atoms with Crippen molar-refractivity contribution in [3.63, 3.8) is 0 Å². The summed E-state index contributed by atoms with van der Waals surface area (Å²) in [6.45, 7) is 9.87. The first-order valence-corrected chi connectivity index (χ1v) is 12.0. The highest BCUT2D eigenvalue weighted by atomic mass is 19.1. The Morgan fingerprint density at radius 2 is 1.88 bits per heavy atom. The molecule has 6 rings (SSSR count). The SMILES string of the molecule is [C-]#[N+]c1ccc(-c2nc(N3CCC4NCCC4C3)cc(=O)n2-c2ccc(C3CC3)cc2)cc1F. The van der Waals surface area contributed by atoms with Gasteiger partial charge in [0.15, 0.2) is 0 Å². The normalized spacial score (nSPS) is 21.8. The lowest BCUT2D eigenvalue weighted by Gasteiger charge is -2.35. The molecule has 0 bridgehead atoms. The standard InChI is InChI=1S/C27H26FN5O/c1-29-24-9-6-19(14-22(24)28)27-31-25(32-13-11-23-20(16-32)10-12-30-23)15-26(34)33(27)21-7-4-18(5-8-21)17-2-3-17/h4-9,14-15,17,20,23,30H,2-3,10-13,16H2. The van der Waals surface area contributed by atoms with Gasteiger partial charge >= 0.3 is 0 Å². The molecule has 3 aliphatic rings. The van der Waals surface area contributed by atoms with Gasteiger partial charge in [-0.2, -0.15) is 0 Å². The fourth-order valence-corrected chi connectivity index (χ4v) is 5.38. The molecule has 2 unspecified atom stereocenters. The number of fused-ring (bicyclic) bond motifs is 1. The van der Waals surface area contributed by atoms with Gasteiger partial charge in [0, 0.05) is 30.8 Å². The van der Waals surface area contributed by atoms with Crippen LogP contribution in [0.2, 0.25) is 0 Å². The lowest BCUT2D eigenvalue weighted by Crippen LogP contribution is -2.45. The Hall–Kier alpha value is -3.50. The summed E-state index contributed by atoms with van der Waals surface area (Å²) in [7, 11) is 0. The monoisotopic (exact) mass is 455 g/mol. The first-order valence-electron chi connectivity index (χ1n) is 12.0. The zero-order valence-corrected chi connectivity index (χ0v) is 18.9. The highest BCUT2D eigenvalue weighted by Gasteiger charge is 2.33. The van der Waals surface area contributed by atoms with Crippen LogP contribution in [-0.4, -0.2) is 35.2 Å². The van der Waals surface area contributed by atoms with Crippen LogP contribution in [0.1, 0.15) is 37.2 Å². The molecule has 172 valence electrons. The van der Waals surface area contributed by atoms with Gasteiger partial charge in [-0.15, -0.1) is 0 Å². The summed E-state index contributed by atoms with van der Waals surface area (Å²) >= 11 is 0. The number of hydrogen-bond acceptors (Lipinski definition) is 4. The zero-order valence-electron chi connectivity index (χ0n) is 18.9. The van der Waals surface area contributed by atoms with E-state index in [2.05, 4.69) is 27.2 Å². The summed E-state index contributed by atoms with van der Waals surface area (Å²) in [5.41, 5.74) is 2.23. The Morgan fingerprint density at radius 1 is 1.06 bits per heavy atom. The third kappa shape index (κ3) is 3.78. The topological polar surface area (TPSA) is 54.5 Å². The van der Waals surface area contributed by atoms with Gasteiger partial charge < -0.3 is 10.2 Å². The second-order valence-corrected chi connectivity index (χ2v) is 9.60. The van der Waals surface area contributed by atoms with Crippen LogP contribution >= 0.6 is 0 Å². The maximum atomic E-state index is 14.6. The average molecular weight is 456 g/mol. The van der Waals surface area contributed by atoms with E-state index in [0.717, 1.165) is 32.5 Å². The number of rotatable bonds is 4. The molecular weight excluding hydrogens is 429 g/mol. The fraction of sp³-hybridized carbons (Fsp3) is 0.370. The Morgan fingerprint density at radius 3 is 2.62 bits per heavy atom. The number of benzene rings is 2. The van der Waals surface area contributed by atoms with E-state index in [0.29, 0.717) is 40.8 Å². The Labute approximate surface area is 197 Å². The summed E-state index contributed by atoms with van der Waals surface area (Å²) in [5, 5.41) is 3.56. The molecule has 2 saturated heterocycles. The van der Waals surface area contributed by atoms with E-state index in [1.165, 1.54) is 30.5 Å². The number of nitrogens with one attached hydrogen (secondary N) is 1. The van der Waals surface area contributed by atoms with E-state index in [9.17, 15) is 9.18 Å². The third-order valence-corrected chi connectivity index (χ3v) is 7.41. The van der Waals surface area contributed by atoms with Crippen LogP contribution < -0.4 is 15.8 Å². The predicted molar refractivity (Wildman–Crippen MR) is 130 cm³/mol. The molecule has 6 nitrogen and oxygen atoms in total. The van der Waals surface area contributed by atoms with Gasteiger partial charge in [0.05, 0.1) is 12.3 Å². The van der Waals surface area contributed by atoms with Crippen molar-refractivity contribution in [2.24, 2.45) is 5.92 Å². The fourth-order valence-electron chi connectivity index (χ4n) is 5.38. The molecule has 3 fully saturated rings. The molecule has 1 saturated carbocycles. The molecule has 7 heteroatoms. The quantitative estimate of drug-likeness (QED) is 0.582. The summed E-state index contributed by atoms with van der Waals surface area (Å²) in [5.74, 6) is 1.58. The number of piperidine rings is 1. The van der Waals surface area contributed by atoms with Crippen molar-refractivity contribution in [2.75, 3.05) is 24.5 Å². The van der Waals surface area contributed by atoms with Gasteiger partial charge in [0.2, 0.25) is 5.69 Å². The summed E-state index contributed by atoms with van der Waals surface area (Å²) < 4.78 is 16.1. The van der Waals surface area contributed by atoms with Crippen molar-refractivity contribution in [3.05, 3.63) is 81.7 Å². The molecule has 2 aromatic carbocycles. The second kappa shape index (κ2) is 8.37. The maximum Gasteiger partial charge on any atom is 0.260 e. The van der Waals surface area contributed by atoms with Crippen LogP contribution in [0.15, 0.2) is 53.3 Å². The smallest absolute Gasteiger partial charge is 0.260 e. The van der Waals surface area contributed by atoms with Gasteiger partial charge in [-0.25, -0.2) is 14.2 Å². The molecule has 0 amide bonds. The molecule has 3 heterocycles. The maximum absolute atomic E-state index is 14.6. The number of halogens is 1. The average Bonchev–Trinajstić information content (AvgIpc) is 3.60. The van der Waals surface area contributed by atoms with E-state index >= 15 is 0 Å². The van der Waals surface area contributed by atoms with Crippen molar-refractivity contribution in [1.82, 2.24) is 14.9 Å². The minimum Gasteiger partial charge on any atom is -0.356 e. The number of nitrogens with zero attached hydrogens (tertiary/aromatic N) is 4. The minimum absolute atomic E-state index is 0.0432. The van der Waals surface area contributed by atoms with Gasteiger partial charge in [0.25, 0.3) is 5.56 Å². The van der Waals surface area contributed by atoms with Crippen LogP contribution in [0.5, 0.6) is 0 Å². The van der Waals surface area contributed by atoms with Crippen molar-refractivity contribution in [3.8, 4) is 17.1 Å². The Bertz CT molecular complexity index is 1340. The summed E-state index contributed by atoms with van der Waals surface area (Å²) in [4.78, 5) is 23.8. The summed E-state index contributed by atoms with van der Waals surface area (Å²) in [6, 6.07) is 14.6. The molecule has 3 aromatic rings. The van der Waals surface area contributed by atoms with E-state index in [-0.39, 0.29) is 11.2 Å². The van der Waals surface area contributed by atoms with Crippen LogP contribution in [0, 0.1) is 18.3 Å². The second-order valence-electron chi connectivity index (χ2n) is 9.60. The van der Waals surface area contributed by atoms with Gasteiger partial charge in [-0.3, -0.25) is 9.36 Å². The van der Waals surface area contributed by atoms with Crippen molar-refractivity contribution < 1.29 is 4.39 Å². The highest BCUT2D eigenvalue weighted by molar-refractivity contribution is 5.65. The van der Waals surface area contributed by atoms with Crippen molar-refractivity contribution >= 4 is 11.5 Å². The third-order valence-electron chi connectivity index (χ3n) is 7.41. The molecule has 1 aromatic heterocycles. The lowest BCUT2D eigenvalue weighted by molar-refractivity contribution is 0.375. The molecule has 0 radical (unpaired) electrons. The molecule has 2 atom stereocenters. The largest absolute Gasteiger partial charge is 0.356 e. The van der Waals surface area contributed by atoms with Gasteiger partial charge in [-0.1, -0.05) is 24.3 Å². The van der Waals surface area contributed by atoms with Gasteiger partial charge in [0.1, 0.15) is 17.5 Å². The van der Waals surface area contributed by atoms with Crippen LogP contribution in [0.25, 0.3) is 21.9 Å². The predicted octanol–water partition coefficient (Wildman–Crippen LogP) is 4.65. The van der Waals surface area contributed by atoms with Gasteiger partial charge in [-0.05, 0) is 67.8 Å². The van der Waals surface area contributed by atoms with Crippen molar-refractivity contribution in [2.45, 2.75) is 37.6 Å². The lowest BCUT2D eigenvalue weighted by atomic mass is 9.93. The Kier molecular flexibility index (Phi) is 5.19. The highest BCUT2D eigenvalue weighted by Crippen LogP contribution is 2.40. The molecule has 34 heavy (non-hydrogen) atoms. The minimum atomic E-state index is -0.611. The molecule has 1 N–H and O–H groups in total. The van der Waals surface area contributed by atoms with E-state index < -0.39 is 5.82 Å². The summed E-state index contributed by atoms with van der Waals surface area (Å²) in [6.07, 6.45) is 4.56. The molecular formula is C27H26FN5O. The van der Waals surface area contributed by atoms with Crippen LogP contribution in [0.4, 0.5) is 15.9 Å². The van der Waals surface area contributed by atoms with Crippen LogP contribution in [0.3, 0.4) is 0 Å². The first kappa shape index (κ1) is 21.1. The van der Waals surface area contributed by atoms with E-state index in [1.807, 2.05) is 12.1 Å². The number of hydrogen-bond donors (Lipinski definition) is 1. The molecule has 1 aliphatic carbocycles. The van der Waals surface area contributed by atoms with E-state index in [4.69, 9.17) is 11.6 Å². The van der Waals surface area contributed by atoms with Crippen molar-refractivity contribution in [1.29, 1.82) is 0 Å². The number of aromatic nitrogens is 2. The van der Waals surface area contributed by atoms with E-state index in [1.54, 1.807) is 16.7 Å².